The second-order valence-electron chi connectivity index (χ2n) is 10.3. The van der Waals surface area contributed by atoms with Crippen LogP contribution in [-0.2, 0) is 4.79 Å². The minimum Gasteiger partial charge on any atom is -0.425 e. The summed E-state index contributed by atoms with van der Waals surface area (Å²) in [6.45, 7) is 6.19. The lowest BCUT2D eigenvalue weighted by atomic mass is 9.67. The smallest absolute Gasteiger partial charge is 0.329 e. The number of rotatable bonds is 11. The summed E-state index contributed by atoms with van der Waals surface area (Å²) < 4.78 is 5.46. The van der Waals surface area contributed by atoms with Gasteiger partial charge in [-0.15, -0.1) is 11.6 Å². The molecule has 4 heteroatoms. The summed E-state index contributed by atoms with van der Waals surface area (Å²) in [7, 11) is 0. The molecule has 0 N–H and O–H groups in total. The summed E-state index contributed by atoms with van der Waals surface area (Å²) in [6, 6.07) is 19.1. The number of alkyl halides is 1. The van der Waals surface area contributed by atoms with Gasteiger partial charge < -0.3 is 4.74 Å². The second kappa shape index (κ2) is 13.1. The van der Waals surface area contributed by atoms with Crippen LogP contribution in [0.4, 0.5) is 0 Å². The molecule has 0 aromatic heterocycles. The average Bonchev–Trinajstić information content (AvgIpc) is 2.91. The van der Waals surface area contributed by atoms with E-state index in [-0.39, 0.29) is 11.3 Å². The minimum absolute atomic E-state index is 0.0771. The quantitative estimate of drug-likeness (QED) is 0.136. The van der Waals surface area contributed by atoms with Crippen LogP contribution < -0.4 is 4.74 Å². The molecule has 0 saturated heterocycles. The van der Waals surface area contributed by atoms with Crippen molar-refractivity contribution in [1.29, 1.82) is 5.26 Å². The van der Waals surface area contributed by atoms with Crippen LogP contribution in [0.15, 0.2) is 48.5 Å². The third kappa shape index (κ3) is 7.34. The van der Waals surface area contributed by atoms with Crippen LogP contribution in [-0.4, -0.2) is 11.3 Å². The molecule has 0 radical (unpaired) electrons. The van der Waals surface area contributed by atoms with Crippen molar-refractivity contribution in [3.05, 3.63) is 54.1 Å². The van der Waals surface area contributed by atoms with E-state index >= 15 is 0 Å². The lowest BCUT2D eigenvalue weighted by Crippen LogP contribution is -2.26. The maximum absolute atomic E-state index is 12.2. The van der Waals surface area contributed by atoms with Gasteiger partial charge in [0.25, 0.3) is 0 Å². The van der Waals surface area contributed by atoms with Crippen molar-refractivity contribution < 1.29 is 9.53 Å². The summed E-state index contributed by atoms with van der Waals surface area (Å²) in [6.07, 6.45) is 11.1. The zero-order valence-electron chi connectivity index (χ0n) is 21.6. The fourth-order valence-corrected chi connectivity index (χ4v) is 5.31. The molecule has 0 bridgehead atoms. The predicted octanol–water partition coefficient (Wildman–Crippen LogP) is 9.05. The number of ether oxygens (including phenoxy) is 1. The molecular formula is C31H40ClNO2. The summed E-state index contributed by atoms with van der Waals surface area (Å²) in [5, 5.41) is 9.23. The third-order valence-corrected chi connectivity index (χ3v) is 8.45. The highest BCUT2D eigenvalue weighted by Gasteiger charge is 2.35. The van der Waals surface area contributed by atoms with Crippen LogP contribution in [0, 0.1) is 22.7 Å². The summed E-state index contributed by atoms with van der Waals surface area (Å²) in [5.74, 6) is 0.736. The number of hydrogen-bond donors (Lipinski definition) is 0. The predicted molar refractivity (Wildman–Crippen MR) is 145 cm³/mol. The molecule has 0 spiro atoms. The Bertz CT molecular complexity index is 969. The number of benzene rings is 2. The SMILES string of the molecule is CCCCCCC1(C#N)CCC(c2ccc(-c3ccc(OC(=O)C(Cl)C(C)CC)cc3)cc2)CC1. The third-order valence-electron chi connectivity index (χ3n) is 7.85. The Morgan fingerprint density at radius 2 is 1.63 bits per heavy atom. The first-order valence-corrected chi connectivity index (χ1v) is 13.8. The number of unbranched alkanes of at least 4 members (excludes halogenated alkanes) is 3. The number of esters is 1. The molecule has 3 rings (SSSR count). The highest BCUT2D eigenvalue weighted by atomic mass is 35.5. The monoisotopic (exact) mass is 493 g/mol. The van der Waals surface area contributed by atoms with Crippen LogP contribution in [0.2, 0.25) is 0 Å². The molecular weight excluding hydrogens is 454 g/mol. The first-order chi connectivity index (χ1) is 16.9. The van der Waals surface area contributed by atoms with Gasteiger partial charge >= 0.3 is 5.97 Å². The Hall–Kier alpha value is -2.31. The molecule has 1 fully saturated rings. The zero-order chi connectivity index (χ0) is 25.3. The average molecular weight is 494 g/mol. The van der Waals surface area contributed by atoms with Crippen LogP contribution in [0.5, 0.6) is 5.75 Å². The fraction of sp³-hybridized carbons (Fsp3) is 0.548. The van der Waals surface area contributed by atoms with E-state index in [0.29, 0.717) is 11.7 Å². The number of carbonyl (C=O) groups is 1. The molecule has 1 aliphatic carbocycles. The van der Waals surface area contributed by atoms with Crippen molar-refractivity contribution >= 4 is 17.6 Å². The molecule has 1 saturated carbocycles. The first-order valence-electron chi connectivity index (χ1n) is 13.4. The van der Waals surface area contributed by atoms with Gasteiger partial charge in [0.05, 0.1) is 11.5 Å². The maximum Gasteiger partial charge on any atom is 0.329 e. The normalized spacial score (nSPS) is 21.6. The molecule has 35 heavy (non-hydrogen) atoms. The number of carbonyl (C=O) groups excluding carboxylic acids is 1. The lowest BCUT2D eigenvalue weighted by Gasteiger charge is -2.35. The summed E-state index contributed by atoms with van der Waals surface area (Å²) in [4.78, 5) is 12.2. The van der Waals surface area contributed by atoms with E-state index in [1.54, 1.807) is 0 Å². The Morgan fingerprint density at radius 1 is 1.03 bits per heavy atom. The lowest BCUT2D eigenvalue weighted by molar-refractivity contribution is -0.134. The minimum atomic E-state index is -0.633. The van der Waals surface area contributed by atoms with Gasteiger partial charge in [0.1, 0.15) is 11.1 Å². The van der Waals surface area contributed by atoms with Crippen molar-refractivity contribution in [3.8, 4) is 22.9 Å². The second-order valence-corrected chi connectivity index (χ2v) is 10.8. The van der Waals surface area contributed by atoms with Gasteiger partial charge in [-0.2, -0.15) is 5.26 Å². The largest absolute Gasteiger partial charge is 0.425 e. The molecule has 0 amide bonds. The van der Waals surface area contributed by atoms with Crippen molar-refractivity contribution in [3.63, 3.8) is 0 Å². The highest BCUT2D eigenvalue weighted by Crippen LogP contribution is 2.45. The molecule has 2 aromatic carbocycles. The molecule has 2 aromatic rings. The van der Waals surface area contributed by atoms with E-state index in [4.69, 9.17) is 16.3 Å². The Labute approximate surface area is 216 Å². The first kappa shape index (κ1) is 27.3. The van der Waals surface area contributed by atoms with Crippen molar-refractivity contribution in [2.45, 2.75) is 96.3 Å². The number of nitrogens with zero attached hydrogens (tertiary/aromatic N) is 1. The number of halogens is 1. The maximum atomic E-state index is 12.2. The topological polar surface area (TPSA) is 50.1 Å². The van der Waals surface area contributed by atoms with Gasteiger partial charge in [-0.25, -0.2) is 0 Å². The van der Waals surface area contributed by atoms with E-state index in [0.717, 1.165) is 49.7 Å². The number of hydrogen-bond acceptors (Lipinski definition) is 3. The van der Waals surface area contributed by atoms with Crippen molar-refractivity contribution in [1.82, 2.24) is 0 Å². The highest BCUT2D eigenvalue weighted by molar-refractivity contribution is 6.30. The van der Waals surface area contributed by atoms with Gasteiger partial charge in [0, 0.05) is 0 Å². The van der Waals surface area contributed by atoms with Crippen LogP contribution in [0.25, 0.3) is 11.1 Å². The van der Waals surface area contributed by atoms with E-state index < -0.39 is 11.3 Å². The molecule has 3 nitrogen and oxygen atoms in total. The van der Waals surface area contributed by atoms with Crippen molar-refractivity contribution in [2.24, 2.45) is 11.3 Å². The van der Waals surface area contributed by atoms with E-state index in [9.17, 15) is 10.1 Å². The molecule has 1 aliphatic rings. The molecule has 188 valence electrons. The van der Waals surface area contributed by atoms with Gasteiger partial charge in [-0.3, -0.25) is 4.79 Å². The molecule has 0 aliphatic heterocycles. The van der Waals surface area contributed by atoms with Crippen LogP contribution in [0.1, 0.15) is 96.5 Å². The Kier molecular flexibility index (Phi) is 10.2. The standard InChI is InChI=1S/C31H40ClNO2/c1-4-6-7-8-19-31(22-33)20-17-27(18-21-31)25-11-9-24(10-12-25)26-13-15-28(16-14-26)35-30(34)29(32)23(3)5-2/h9-16,23,27,29H,4-8,17-21H2,1-3H3. The van der Waals surface area contributed by atoms with E-state index in [1.165, 1.54) is 31.2 Å². The summed E-state index contributed by atoms with van der Waals surface area (Å²) in [5.41, 5.74) is 3.49. The van der Waals surface area contributed by atoms with Crippen molar-refractivity contribution in [2.75, 3.05) is 0 Å². The number of nitriles is 1. The fourth-order valence-electron chi connectivity index (χ4n) is 5.09. The van der Waals surface area contributed by atoms with E-state index in [1.807, 2.05) is 38.1 Å². The Balaban J connectivity index is 1.56. The molecule has 0 heterocycles. The van der Waals surface area contributed by atoms with Crippen LogP contribution >= 0.6 is 11.6 Å². The zero-order valence-corrected chi connectivity index (χ0v) is 22.3. The molecule has 2 atom stereocenters. The summed E-state index contributed by atoms with van der Waals surface area (Å²) >= 11 is 6.21. The Morgan fingerprint density at radius 3 is 2.17 bits per heavy atom. The van der Waals surface area contributed by atoms with Crippen LogP contribution in [0.3, 0.4) is 0 Å². The van der Waals surface area contributed by atoms with Gasteiger partial charge in [0.2, 0.25) is 0 Å². The van der Waals surface area contributed by atoms with E-state index in [2.05, 4.69) is 37.3 Å². The van der Waals surface area contributed by atoms with Gasteiger partial charge in [-0.1, -0.05) is 89.3 Å². The van der Waals surface area contributed by atoms with Gasteiger partial charge in [-0.05, 0) is 72.8 Å². The van der Waals surface area contributed by atoms with Gasteiger partial charge in [0.15, 0.2) is 0 Å². The molecule has 2 unspecified atom stereocenters.